The maximum absolute atomic E-state index is 10.4. The Hall–Kier alpha value is -1.16. The molecule has 0 aliphatic rings. The minimum Gasteiger partial charge on any atom is -0.389 e. The highest BCUT2D eigenvalue weighted by Gasteiger charge is 2.14. The number of allylic oxidation sites excluding steroid dienone is 3. The second-order valence-electron chi connectivity index (χ2n) is 3.87. The molecule has 0 spiro atoms. The number of aliphatic hydroxyl groups excluding tert-OH is 1. The van der Waals surface area contributed by atoms with Gasteiger partial charge in [0, 0.05) is 4.92 Å². The Morgan fingerprint density at radius 1 is 1.47 bits per heavy atom. The van der Waals surface area contributed by atoms with Crippen molar-refractivity contribution in [3.8, 4) is 0 Å². The highest BCUT2D eigenvalue weighted by Crippen LogP contribution is 2.08. The zero-order valence-electron chi connectivity index (χ0n) is 9.56. The van der Waals surface area contributed by atoms with Gasteiger partial charge in [-0.3, -0.25) is 10.1 Å². The van der Waals surface area contributed by atoms with Crippen LogP contribution in [0.1, 0.15) is 33.6 Å². The first-order valence-corrected chi connectivity index (χ1v) is 5.02. The summed E-state index contributed by atoms with van der Waals surface area (Å²) in [4.78, 5) is 9.97. The predicted molar refractivity (Wildman–Crippen MR) is 60.3 cm³/mol. The van der Waals surface area contributed by atoms with Crippen LogP contribution in [0.15, 0.2) is 23.3 Å². The summed E-state index contributed by atoms with van der Waals surface area (Å²) >= 11 is 0. The lowest BCUT2D eigenvalue weighted by atomic mass is 10.1. The van der Waals surface area contributed by atoms with Crippen molar-refractivity contribution in [3.63, 3.8) is 0 Å². The topological polar surface area (TPSA) is 63.4 Å². The zero-order valence-corrected chi connectivity index (χ0v) is 9.56. The molecule has 0 aliphatic heterocycles. The molecule has 0 aliphatic carbocycles. The Balaban J connectivity index is 4.17. The average molecular weight is 213 g/mol. The molecule has 0 aromatic heterocycles. The molecule has 0 bridgehead atoms. The molecule has 0 fully saturated rings. The maximum atomic E-state index is 10.4. The monoisotopic (exact) mass is 213 g/mol. The van der Waals surface area contributed by atoms with Crippen LogP contribution in [-0.4, -0.2) is 22.7 Å². The minimum absolute atomic E-state index is 0.438. The van der Waals surface area contributed by atoms with Gasteiger partial charge in [-0.15, -0.1) is 0 Å². The van der Waals surface area contributed by atoms with E-state index >= 15 is 0 Å². The van der Waals surface area contributed by atoms with Gasteiger partial charge in [0.25, 0.3) is 6.04 Å². The second kappa shape index (κ2) is 7.17. The van der Waals surface area contributed by atoms with Crippen molar-refractivity contribution in [2.24, 2.45) is 0 Å². The van der Waals surface area contributed by atoms with Crippen molar-refractivity contribution in [3.05, 3.63) is 33.4 Å². The zero-order chi connectivity index (χ0) is 11.8. The fourth-order valence-electron chi connectivity index (χ4n) is 1.18. The van der Waals surface area contributed by atoms with E-state index in [2.05, 4.69) is 6.08 Å². The molecule has 0 aromatic carbocycles. The molecule has 0 radical (unpaired) electrons. The Labute approximate surface area is 90.5 Å². The molecule has 1 unspecified atom stereocenters. The van der Waals surface area contributed by atoms with Gasteiger partial charge in [0.1, 0.15) is 6.61 Å². The summed E-state index contributed by atoms with van der Waals surface area (Å²) in [7, 11) is 0. The van der Waals surface area contributed by atoms with Gasteiger partial charge in [0.2, 0.25) is 0 Å². The molecule has 1 N–H and O–H groups in total. The summed E-state index contributed by atoms with van der Waals surface area (Å²) in [5.74, 6) is 0. The third kappa shape index (κ3) is 6.85. The minimum atomic E-state index is -0.961. The molecule has 4 heteroatoms. The van der Waals surface area contributed by atoms with Crippen molar-refractivity contribution in [2.75, 3.05) is 6.61 Å². The number of aliphatic hydroxyl groups is 1. The fraction of sp³-hybridized carbons (Fsp3) is 0.636. The van der Waals surface area contributed by atoms with Crippen molar-refractivity contribution < 1.29 is 10.0 Å². The molecule has 0 amide bonds. The molecule has 4 nitrogen and oxygen atoms in total. The average Bonchev–Trinajstić information content (AvgIpc) is 2.13. The van der Waals surface area contributed by atoms with E-state index in [1.54, 1.807) is 0 Å². The lowest BCUT2D eigenvalue weighted by molar-refractivity contribution is -0.512. The van der Waals surface area contributed by atoms with Crippen LogP contribution in [-0.2, 0) is 0 Å². The lowest BCUT2D eigenvalue weighted by Crippen LogP contribution is -2.21. The van der Waals surface area contributed by atoms with Gasteiger partial charge in [0.15, 0.2) is 0 Å². The van der Waals surface area contributed by atoms with Crippen LogP contribution in [0, 0.1) is 10.1 Å². The van der Waals surface area contributed by atoms with Gasteiger partial charge >= 0.3 is 0 Å². The van der Waals surface area contributed by atoms with E-state index in [0.717, 1.165) is 18.4 Å². The van der Waals surface area contributed by atoms with Crippen LogP contribution in [0.4, 0.5) is 0 Å². The number of nitrogens with zero attached hydrogens (tertiary/aromatic N) is 1. The molecule has 0 saturated carbocycles. The van der Waals surface area contributed by atoms with Gasteiger partial charge in [0.05, 0.1) is 0 Å². The first-order chi connectivity index (χ1) is 6.97. The second-order valence-corrected chi connectivity index (χ2v) is 3.87. The molecule has 15 heavy (non-hydrogen) atoms. The molecule has 0 rings (SSSR count). The molecular formula is C11H19NO3. The first kappa shape index (κ1) is 13.8. The fourth-order valence-corrected chi connectivity index (χ4v) is 1.18. The van der Waals surface area contributed by atoms with E-state index < -0.39 is 17.6 Å². The van der Waals surface area contributed by atoms with Gasteiger partial charge in [-0.1, -0.05) is 17.2 Å². The Morgan fingerprint density at radius 3 is 2.47 bits per heavy atom. The molecule has 1 atom stereocenters. The smallest absolute Gasteiger partial charge is 0.254 e. The van der Waals surface area contributed by atoms with E-state index in [-0.39, 0.29) is 0 Å². The lowest BCUT2D eigenvalue weighted by Gasteiger charge is -2.03. The summed E-state index contributed by atoms with van der Waals surface area (Å²) in [6.07, 6.45) is 5.31. The van der Waals surface area contributed by atoms with Gasteiger partial charge in [-0.2, -0.15) is 0 Å². The first-order valence-electron chi connectivity index (χ1n) is 5.02. The largest absolute Gasteiger partial charge is 0.389 e. The van der Waals surface area contributed by atoms with Crippen LogP contribution >= 0.6 is 0 Å². The molecule has 86 valence electrons. The third-order valence-electron chi connectivity index (χ3n) is 2.03. The van der Waals surface area contributed by atoms with Gasteiger partial charge in [-0.05, 0) is 39.7 Å². The molecular weight excluding hydrogens is 194 g/mol. The van der Waals surface area contributed by atoms with E-state index in [1.165, 1.54) is 11.6 Å². The van der Waals surface area contributed by atoms with Gasteiger partial charge in [-0.25, -0.2) is 0 Å². The van der Waals surface area contributed by atoms with E-state index in [9.17, 15) is 10.1 Å². The van der Waals surface area contributed by atoms with E-state index in [0.29, 0.717) is 0 Å². The van der Waals surface area contributed by atoms with Crippen molar-refractivity contribution in [2.45, 2.75) is 39.7 Å². The maximum Gasteiger partial charge on any atom is 0.254 e. The normalized spacial score (nSPS) is 13.5. The molecule has 0 heterocycles. The summed E-state index contributed by atoms with van der Waals surface area (Å²) in [5.41, 5.74) is 2.19. The van der Waals surface area contributed by atoms with Crippen molar-refractivity contribution >= 4 is 0 Å². The van der Waals surface area contributed by atoms with Crippen LogP contribution in [0.3, 0.4) is 0 Å². The van der Waals surface area contributed by atoms with E-state index in [1.807, 2.05) is 20.8 Å². The van der Waals surface area contributed by atoms with E-state index in [4.69, 9.17) is 5.11 Å². The summed E-state index contributed by atoms with van der Waals surface area (Å²) in [6.45, 7) is 5.46. The molecule has 0 saturated heterocycles. The van der Waals surface area contributed by atoms with Crippen LogP contribution < -0.4 is 0 Å². The van der Waals surface area contributed by atoms with Crippen molar-refractivity contribution in [1.82, 2.24) is 0 Å². The Kier molecular flexibility index (Phi) is 6.62. The highest BCUT2D eigenvalue weighted by molar-refractivity contribution is 5.04. The molecule has 0 aromatic rings. The number of hydrogen-bond acceptors (Lipinski definition) is 3. The highest BCUT2D eigenvalue weighted by atomic mass is 16.6. The van der Waals surface area contributed by atoms with Crippen LogP contribution in [0.5, 0.6) is 0 Å². The summed E-state index contributed by atoms with van der Waals surface area (Å²) in [6, 6.07) is -0.961. The summed E-state index contributed by atoms with van der Waals surface area (Å²) < 4.78 is 0. The summed E-state index contributed by atoms with van der Waals surface area (Å²) in [5, 5.41) is 19.2. The number of nitro groups is 1. The number of hydrogen-bond donors (Lipinski definition) is 1. The quantitative estimate of drug-likeness (QED) is 0.418. The van der Waals surface area contributed by atoms with Crippen LogP contribution in [0.25, 0.3) is 0 Å². The van der Waals surface area contributed by atoms with Crippen LogP contribution in [0.2, 0.25) is 0 Å². The predicted octanol–water partition coefficient (Wildman–Crippen LogP) is 2.32. The Bertz CT molecular complexity index is 265. The number of rotatable bonds is 6. The van der Waals surface area contributed by atoms with Gasteiger partial charge < -0.3 is 5.11 Å². The van der Waals surface area contributed by atoms with Crippen molar-refractivity contribution in [1.29, 1.82) is 0 Å². The third-order valence-corrected chi connectivity index (χ3v) is 2.03. The Morgan fingerprint density at radius 2 is 2.07 bits per heavy atom. The standard InChI is InChI=1S/C11H19NO3/c1-9(2)5-4-6-10(3)7-11(8-13)12(14)15/h5,7,11,13H,4,6,8H2,1-3H3/b10-7+. The SMILES string of the molecule is CC(C)=CCC/C(C)=C/C(CO)[N+](=O)[O-].